The van der Waals surface area contributed by atoms with E-state index < -0.39 is 5.91 Å². The van der Waals surface area contributed by atoms with Crippen LogP contribution in [0, 0.1) is 6.92 Å². The molecule has 0 spiro atoms. The Morgan fingerprint density at radius 2 is 2.15 bits per heavy atom. The summed E-state index contributed by atoms with van der Waals surface area (Å²) in [6.45, 7) is 1.99. The molecular formula is C13H15N5OS. The molecule has 0 fully saturated rings. The van der Waals surface area contributed by atoms with Gasteiger partial charge in [0.05, 0.1) is 5.69 Å². The molecule has 0 saturated heterocycles. The van der Waals surface area contributed by atoms with E-state index in [9.17, 15) is 4.79 Å². The number of nitrogens with zero attached hydrogens (tertiary/aromatic N) is 2. The summed E-state index contributed by atoms with van der Waals surface area (Å²) in [5.74, 6) is -0.605. The van der Waals surface area contributed by atoms with Crippen molar-refractivity contribution in [1.82, 2.24) is 9.78 Å². The molecule has 1 amide bonds. The first-order chi connectivity index (χ1) is 9.45. The van der Waals surface area contributed by atoms with Gasteiger partial charge < -0.3 is 16.4 Å². The largest absolute Gasteiger partial charge is 0.364 e. The molecule has 0 atom stereocenters. The number of aromatic nitrogens is 2. The number of nitrogens with one attached hydrogen (secondary N) is 2. The minimum absolute atomic E-state index is 0.154. The average molecular weight is 289 g/mol. The fourth-order valence-electron chi connectivity index (χ4n) is 1.77. The minimum atomic E-state index is -0.605. The van der Waals surface area contributed by atoms with Gasteiger partial charge in [-0.1, -0.05) is 12.1 Å². The Morgan fingerprint density at radius 3 is 2.80 bits per heavy atom. The van der Waals surface area contributed by atoms with Crippen molar-refractivity contribution < 1.29 is 4.79 Å². The van der Waals surface area contributed by atoms with Crippen molar-refractivity contribution in [2.45, 2.75) is 6.92 Å². The van der Waals surface area contributed by atoms with Gasteiger partial charge in [-0.05, 0) is 36.8 Å². The number of carbonyl (C=O) groups excluding carboxylic acids is 1. The summed E-state index contributed by atoms with van der Waals surface area (Å²) in [6.07, 6.45) is 1.64. The lowest BCUT2D eigenvalue weighted by Gasteiger charge is -2.10. The van der Waals surface area contributed by atoms with Crippen LogP contribution in [0.2, 0.25) is 0 Å². The van der Waals surface area contributed by atoms with Gasteiger partial charge in [-0.15, -0.1) is 0 Å². The molecule has 0 saturated carbocycles. The highest BCUT2D eigenvalue weighted by Gasteiger charge is 2.13. The summed E-state index contributed by atoms with van der Waals surface area (Å²) in [5.41, 5.74) is 7.88. The summed E-state index contributed by atoms with van der Waals surface area (Å²) in [4.78, 5) is 11.3. The van der Waals surface area contributed by atoms with Gasteiger partial charge in [0.25, 0.3) is 5.91 Å². The minimum Gasteiger partial charge on any atom is -0.364 e. The summed E-state index contributed by atoms with van der Waals surface area (Å²) in [5, 5.41) is 10.3. The molecule has 4 N–H and O–H groups in total. The first-order valence-electron chi connectivity index (χ1n) is 5.94. The SMILES string of the molecule is Cc1cccc(NC(=S)Nc2cn(C)nc2C(N)=O)c1. The van der Waals surface area contributed by atoms with Gasteiger partial charge >= 0.3 is 0 Å². The number of carbonyl (C=O) groups is 1. The Bertz CT molecular complexity index is 665. The third-order valence-corrected chi connectivity index (χ3v) is 2.79. The maximum atomic E-state index is 11.3. The number of primary amides is 1. The normalized spacial score (nSPS) is 10.1. The van der Waals surface area contributed by atoms with Gasteiger partial charge in [0, 0.05) is 18.9 Å². The lowest BCUT2D eigenvalue weighted by Crippen LogP contribution is -2.21. The fourth-order valence-corrected chi connectivity index (χ4v) is 2.00. The Balaban J connectivity index is 2.10. The molecule has 7 heteroatoms. The van der Waals surface area contributed by atoms with E-state index in [1.54, 1.807) is 13.2 Å². The van der Waals surface area contributed by atoms with Crippen molar-refractivity contribution in [3.8, 4) is 0 Å². The molecule has 0 bridgehead atoms. The van der Waals surface area contributed by atoms with Crippen LogP contribution in [0.5, 0.6) is 0 Å². The van der Waals surface area contributed by atoms with Gasteiger partial charge in [-0.25, -0.2) is 0 Å². The molecule has 20 heavy (non-hydrogen) atoms. The zero-order valence-corrected chi connectivity index (χ0v) is 12.0. The third kappa shape index (κ3) is 3.33. The van der Waals surface area contributed by atoms with Crippen LogP contribution in [-0.2, 0) is 7.05 Å². The second kappa shape index (κ2) is 5.70. The molecule has 0 unspecified atom stereocenters. The predicted octanol–water partition coefficient (Wildman–Crippen LogP) is 1.64. The van der Waals surface area contributed by atoms with Crippen molar-refractivity contribution in [2.75, 3.05) is 10.6 Å². The summed E-state index contributed by atoms with van der Waals surface area (Å²) in [7, 11) is 1.70. The average Bonchev–Trinajstić information content (AvgIpc) is 2.70. The lowest BCUT2D eigenvalue weighted by molar-refractivity contribution is 0.0995. The number of thiocarbonyl (C=S) groups is 1. The maximum Gasteiger partial charge on any atom is 0.271 e. The molecule has 2 aromatic rings. The highest BCUT2D eigenvalue weighted by molar-refractivity contribution is 7.80. The van der Waals surface area contributed by atoms with Gasteiger partial charge in [-0.2, -0.15) is 5.10 Å². The number of hydrogen-bond donors (Lipinski definition) is 3. The molecule has 2 rings (SSSR count). The van der Waals surface area contributed by atoms with Crippen molar-refractivity contribution >= 4 is 34.6 Å². The monoisotopic (exact) mass is 289 g/mol. The van der Waals surface area contributed by atoms with E-state index in [0.717, 1.165) is 11.3 Å². The van der Waals surface area contributed by atoms with Crippen LogP contribution >= 0.6 is 12.2 Å². The molecule has 0 aliphatic rings. The second-order valence-corrected chi connectivity index (χ2v) is 4.79. The van der Waals surface area contributed by atoms with Gasteiger partial charge in [-0.3, -0.25) is 9.48 Å². The summed E-state index contributed by atoms with van der Waals surface area (Å²) >= 11 is 5.21. The molecule has 1 aromatic heterocycles. The van der Waals surface area contributed by atoms with Gasteiger partial charge in [0.1, 0.15) is 0 Å². The number of nitrogens with two attached hydrogens (primary N) is 1. The Kier molecular flexibility index (Phi) is 3.99. The van der Waals surface area contributed by atoms with Crippen LogP contribution < -0.4 is 16.4 Å². The number of aryl methyl sites for hydroxylation is 2. The van der Waals surface area contributed by atoms with Crippen LogP contribution in [0.25, 0.3) is 0 Å². The zero-order valence-electron chi connectivity index (χ0n) is 11.2. The first kappa shape index (κ1) is 14.0. The van der Waals surface area contributed by atoms with E-state index in [0.29, 0.717) is 10.8 Å². The molecule has 0 aliphatic carbocycles. The summed E-state index contributed by atoms with van der Waals surface area (Å²) in [6, 6.07) is 7.79. The van der Waals surface area contributed by atoms with E-state index >= 15 is 0 Å². The molecular weight excluding hydrogens is 274 g/mol. The number of benzene rings is 1. The number of rotatable bonds is 3. The number of anilines is 2. The van der Waals surface area contributed by atoms with E-state index in [1.807, 2.05) is 31.2 Å². The van der Waals surface area contributed by atoms with E-state index in [2.05, 4.69) is 15.7 Å². The maximum absolute atomic E-state index is 11.3. The smallest absolute Gasteiger partial charge is 0.271 e. The third-order valence-electron chi connectivity index (χ3n) is 2.59. The van der Waals surface area contributed by atoms with Crippen LogP contribution in [-0.4, -0.2) is 20.8 Å². The van der Waals surface area contributed by atoms with Crippen molar-refractivity contribution in [3.63, 3.8) is 0 Å². The molecule has 0 aliphatic heterocycles. The Labute approximate surface area is 122 Å². The highest BCUT2D eigenvalue weighted by atomic mass is 32.1. The van der Waals surface area contributed by atoms with Gasteiger partial charge in [0.2, 0.25) is 0 Å². The van der Waals surface area contributed by atoms with Crippen molar-refractivity contribution in [1.29, 1.82) is 0 Å². The van der Waals surface area contributed by atoms with Gasteiger partial charge in [0.15, 0.2) is 10.8 Å². The standard InChI is InChI=1S/C13H15N5OS/c1-8-4-3-5-9(6-8)15-13(20)16-10-7-18(2)17-11(10)12(14)19/h3-7H,1-2H3,(H2,14,19)(H2,15,16,20). The molecule has 104 valence electrons. The molecule has 0 radical (unpaired) electrons. The van der Waals surface area contributed by atoms with Crippen LogP contribution in [0.3, 0.4) is 0 Å². The van der Waals surface area contributed by atoms with Crippen LogP contribution in [0.4, 0.5) is 11.4 Å². The first-order valence-corrected chi connectivity index (χ1v) is 6.34. The van der Waals surface area contributed by atoms with E-state index in [4.69, 9.17) is 18.0 Å². The quantitative estimate of drug-likeness (QED) is 0.748. The van der Waals surface area contributed by atoms with Crippen LogP contribution in [0.1, 0.15) is 16.1 Å². The summed E-state index contributed by atoms with van der Waals surface area (Å²) < 4.78 is 1.50. The second-order valence-electron chi connectivity index (χ2n) is 4.38. The highest BCUT2D eigenvalue weighted by Crippen LogP contribution is 2.14. The molecule has 1 aromatic carbocycles. The molecule has 1 heterocycles. The Morgan fingerprint density at radius 1 is 1.40 bits per heavy atom. The lowest BCUT2D eigenvalue weighted by atomic mass is 10.2. The number of amides is 1. The van der Waals surface area contributed by atoms with E-state index in [-0.39, 0.29) is 5.69 Å². The van der Waals surface area contributed by atoms with Crippen LogP contribution in [0.15, 0.2) is 30.5 Å². The topological polar surface area (TPSA) is 85.0 Å². The predicted molar refractivity (Wildman–Crippen MR) is 82.7 cm³/mol. The number of hydrogen-bond acceptors (Lipinski definition) is 3. The van der Waals surface area contributed by atoms with E-state index in [1.165, 1.54) is 4.68 Å². The fraction of sp³-hybridized carbons (Fsp3) is 0.154. The van der Waals surface area contributed by atoms with Crippen molar-refractivity contribution in [3.05, 3.63) is 41.7 Å². The Hall–Kier alpha value is -2.41. The van der Waals surface area contributed by atoms with Crippen molar-refractivity contribution in [2.24, 2.45) is 12.8 Å². The zero-order chi connectivity index (χ0) is 14.7. The molecule has 6 nitrogen and oxygen atoms in total.